The van der Waals surface area contributed by atoms with E-state index < -0.39 is 0 Å². The van der Waals surface area contributed by atoms with Gasteiger partial charge in [-0.25, -0.2) is 0 Å². The Kier molecular flexibility index (Phi) is 3.99. The molecule has 0 aliphatic carbocycles. The number of rotatable bonds is 5. The highest BCUT2D eigenvalue weighted by molar-refractivity contribution is 7.10. The highest BCUT2D eigenvalue weighted by Crippen LogP contribution is 2.31. The second-order valence-electron chi connectivity index (χ2n) is 2.62. The van der Waals surface area contributed by atoms with Gasteiger partial charge in [0.15, 0.2) is 0 Å². The molecule has 13 heavy (non-hydrogen) atoms. The first-order valence-electron chi connectivity index (χ1n) is 4.30. The summed E-state index contributed by atoms with van der Waals surface area (Å²) in [6, 6.07) is 2.19. The number of methoxy groups -OCH3 is 1. The zero-order chi connectivity index (χ0) is 9.68. The maximum absolute atomic E-state index is 5.24. The van der Waals surface area contributed by atoms with Crippen LogP contribution in [0.5, 0.6) is 5.75 Å². The van der Waals surface area contributed by atoms with Crippen LogP contribution in [0.2, 0.25) is 0 Å². The van der Waals surface area contributed by atoms with Crippen molar-refractivity contribution in [3.8, 4) is 5.75 Å². The van der Waals surface area contributed by atoms with Crippen molar-refractivity contribution in [1.29, 1.82) is 0 Å². The standard InChI is InChI=1S/C10H15NOS/c1-4-8(11-5-2)10-9(12-3)6-7-13-10/h4,6-8,11H,1,5H2,2-3H3. The van der Waals surface area contributed by atoms with Crippen LogP contribution in [0.4, 0.5) is 0 Å². The molecule has 0 amide bonds. The monoisotopic (exact) mass is 197 g/mol. The van der Waals surface area contributed by atoms with E-state index in [9.17, 15) is 0 Å². The Labute approximate surface area is 83.2 Å². The van der Waals surface area contributed by atoms with E-state index in [1.54, 1.807) is 18.4 Å². The zero-order valence-electron chi connectivity index (χ0n) is 8.04. The molecule has 1 unspecified atom stereocenters. The highest BCUT2D eigenvalue weighted by Gasteiger charge is 2.12. The van der Waals surface area contributed by atoms with Gasteiger partial charge in [0, 0.05) is 0 Å². The molecule has 1 rings (SSSR count). The number of ether oxygens (including phenoxy) is 1. The van der Waals surface area contributed by atoms with Crippen LogP contribution in [0.15, 0.2) is 24.1 Å². The molecule has 1 aromatic heterocycles. The molecule has 1 heterocycles. The van der Waals surface area contributed by atoms with Gasteiger partial charge >= 0.3 is 0 Å². The quantitative estimate of drug-likeness (QED) is 0.733. The van der Waals surface area contributed by atoms with Crippen LogP contribution in [-0.4, -0.2) is 13.7 Å². The van der Waals surface area contributed by atoms with Gasteiger partial charge in [-0.1, -0.05) is 13.0 Å². The fourth-order valence-corrected chi connectivity index (χ4v) is 2.14. The SMILES string of the molecule is C=CC(NCC)c1sccc1OC. The number of hydrogen-bond acceptors (Lipinski definition) is 3. The van der Waals surface area contributed by atoms with Crippen LogP contribution < -0.4 is 10.1 Å². The molecule has 72 valence electrons. The van der Waals surface area contributed by atoms with Crippen LogP contribution in [0.3, 0.4) is 0 Å². The first-order chi connectivity index (χ1) is 6.33. The van der Waals surface area contributed by atoms with Gasteiger partial charge in [-0.2, -0.15) is 0 Å². The Bertz CT molecular complexity index is 270. The topological polar surface area (TPSA) is 21.3 Å². The summed E-state index contributed by atoms with van der Waals surface area (Å²) in [5, 5.41) is 5.35. The minimum absolute atomic E-state index is 0.208. The molecule has 1 atom stereocenters. The van der Waals surface area contributed by atoms with E-state index in [1.807, 2.05) is 17.5 Å². The third kappa shape index (κ3) is 2.32. The molecule has 1 aromatic rings. The molecule has 0 saturated carbocycles. The van der Waals surface area contributed by atoms with Gasteiger partial charge in [-0.05, 0) is 18.0 Å². The smallest absolute Gasteiger partial charge is 0.134 e. The normalized spacial score (nSPS) is 12.5. The van der Waals surface area contributed by atoms with Crippen LogP contribution in [-0.2, 0) is 0 Å². The summed E-state index contributed by atoms with van der Waals surface area (Å²) in [5.74, 6) is 0.941. The van der Waals surface area contributed by atoms with Gasteiger partial charge < -0.3 is 10.1 Å². The van der Waals surface area contributed by atoms with E-state index in [0.717, 1.165) is 12.3 Å². The lowest BCUT2D eigenvalue weighted by Gasteiger charge is -2.12. The molecule has 0 spiro atoms. The summed E-state index contributed by atoms with van der Waals surface area (Å²) in [7, 11) is 1.69. The summed E-state index contributed by atoms with van der Waals surface area (Å²) >= 11 is 1.69. The van der Waals surface area contributed by atoms with Crippen LogP contribution in [0.25, 0.3) is 0 Å². The van der Waals surface area contributed by atoms with E-state index in [2.05, 4.69) is 18.8 Å². The Hall–Kier alpha value is -0.800. The molecule has 0 radical (unpaired) electrons. The largest absolute Gasteiger partial charge is 0.496 e. The van der Waals surface area contributed by atoms with Gasteiger partial charge in [-0.3, -0.25) is 0 Å². The zero-order valence-corrected chi connectivity index (χ0v) is 8.86. The van der Waals surface area contributed by atoms with Gasteiger partial charge in [0.05, 0.1) is 18.0 Å². The predicted molar refractivity (Wildman–Crippen MR) is 57.5 cm³/mol. The molecule has 0 fully saturated rings. The summed E-state index contributed by atoms with van der Waals surface area (Å²) in [6.45, 7) is 6.81. The fourth-order valence-electron chi connectivity index (χ4n) is 1.21. The van der Waals surface area contributed by atoms with Crippen molar-refractivity contribution in [1.82, 2.24) is 5.32 Å². The molecule has 2 nitrogen and oxygen atoms in total. The Morgan fingerprint density at radius 1 is 1.77 bits per heavy atom. The molecular formula is C10H15NOS. The van der Waals surface area contributed by atoms with E-state index in [1.165, 1.54) is 4.88 Å². The average molecular weight is 197 g/mol. The molecule has 0 aliphatic heterocycles. The van der Waals surface area contributed by atoms with E-state index in [-0.39, 0.29) is 6.04 Å². The lowest BCUT2D eigenvalue weighted by Crippen LogP contribution is -2.18. The Morgan fingerprint density at radius 2 is 2.54 bits per heavy atom. The summed E-state index contributed by atoms with van der Waals surface area (Å²) in [5.41, 5.74) is 0. The molecule has 0 aliphatic rings. The molecule has 0 aromatic carbocycles. The van der Waals surface area contributed by atoms with Crippen molar-refractivity contribution in [2.75, 3.05) is 13.7 Å². The second-order valence-corrected chi connectivity index (χ2v) is 3.57. The molecule has 0 saturated heterocycles. The predicted octanol–water partition coefficient (Wildman–Crippen LogP) is 2.59. The number of likely N-dealkylation sites (N-methyl/N-ethyl adjacent to an activating group) is 1. The van der Waals surface area contributed by atoms with E-state index >= 15 is 0 Å². The average Bonchev–Trinajstić information content (AvgIpc) is 2.61. The third-order valence-electron chi connectivity index (χ3n) is 1.82. The molecule has 1 N–H and O–H groups in total. The maximum atomic E-state index is 5.24. The van der Waals surface area contributed by atoms with Crippen LogP contribution in [0.1, 0.15) is 17.8 Å². The van der Waals surface area contributed by atoms with Crippen molar-refractivity contribution in [2.24, 2.45) is 0 Å². The Balaban J connectivity index is 2.83. The van der Waals surface area contributed by atoms with Crippen molar-refractivity contribution in [3.05, 3.63) is 29.0 Å². The van der Waals surface area contributed by atoms with Crippen molar-refractivity contribution in [3.63, 3.8) is 0 Å². The Morgan fingerprint density at radius 3 is 3.08 bits per heavy atom. The molecule has 3 heteroatoms. The van der Waals surface area contributed by atoms with Crippen molar-refractivity contribution in [2.45, 2.75) is 13.0 Å². The molecule has 0 bridgehead atoms. The van der Waals surface area contributed by atoms with E-state index in [4.69, 9.17) is 4.74 Å². The third-order valence-corrected chi connectivity index (χ3v) is 2.80. The molecular weight excluding hydrogens is 182 g/mol. The van der Waals surface area contributed by atoms with Crippen molar-refractivity contribution >= 4 is 11.3 Å². The highest BCUT2D eigenvalue weighted by atomic mass is 32.1. The summed E-state index contributed by atoms with van der Waals surface area (Å²) in [4.78, 5) is 1.19. The van der Waals surface area contributed by atoms with Gasteiger partial charge in [0.1, 0.15) is 5.75 Å². The lowest BCUT2D eigenvalue weighted by molar-refractivity contribution is 0.408. The number of hydrogen-bond donors (Lipinski definition) is 1. The van der Waals surface area contributed by atoms with E-state index in [0.29, 0.717) is 0 Å². The number of thiophene rings is 1. The minimum atomic E-state index is 0.208. The van der Waals surface area contributed by atoms with Gasteiger partial charge in [0.2, 0.25) is 0 Å². The minimum Gasteiger partial charge on any atom is -0.496 e. The van der Waals surface area contributed by atoms with Gasteiger partial charge in [-0.15, -0.1) is 17.9 Å². The van der Waals surface area contributed by atoms with Crippen molar-refractivity contribution < 1.29 is 4.74 Å². The summed E-state index contributed by atoms with van der Waals surface area (Å²) < 4.78 is 5.24. The first-order valence-corrected chi connectivity index (χ1v) is 5.18. The number of nitrogens with one attached hydrogen (secondary N) is 1. The fraction of sp³-hybridized carbons (Fsp3) is 0.400. The van der Waals surface area contributed by atoms with Crippen LogP contribution in [0, 0.1) is 0 Å². The second kappa shape index (κ2) is 5.04. The van der Waals surface area contributed by atoms with Crippen LogP contribution >= 0.6 is 11.3 Å². The maximum Gasteiger partial charge on any atom is 0.134 e. The lowest BCUT2D eigenvalue weighted by atomic mass is 10.2. The summed E-state index contributed by atoms with van der Waals surface area (Å²) in [6.07, 6.45) is 1.90. The van der Waals surface area contributed by atoms with Gasteiger partial charge in [0.25, 0.3) is 0 Å². The first kappa shape index (κ1) is 10.3.